The van der Waals surface area contributed by atoms with E-state index in [2.05, 4.69) is 10.6 Å². The van der Waals surface area contributed by atoms with Crippen LogP contribution < -0.4 is 10.6 Å². The molecule has 0 fully saturated rings. The molecule has 0 bridgehead atoms. The summed E-state index contributed by atoms with van der Waals surface area (Å²) in [5.74, 6) is -0.171. The predicted molar refractivity (Wildman–Crippen MR) is 84.8 cm³/mol. The van der Waals surface area contributed by atoms with Crippen molar-refractivity contribution >= 4 is 40.5 Å². The van der Waals surface area contributed by atoms with Crippen molar-refractivity contribution in [1.29, 1.82) is 0 Å². The lowest BCUT2D eigenvalue weighted by Crippen LogP contribution is -2.21. The molecule has 20 heavy (non-hydrogen) atoms. The molecule has 0 saturated carbocycles. The number of carbonyl (C=O) groups is 1. The van der Waals surface area contributed by atoms with E-state index >= 15 is 0 Å². The van der Waals surface area contributed by atoms with Crippen molar-refractivity contribution in [1.82, 2.24) is 0 Å². The maximum atomic E-state index is 11.8. The highest BCUT2D eigenvalue weighted by Crippen LogP contribution is 2.25. The maximum Gasteiger partial charge on any atom is 0.243 e. The Morgan fingerprint density at radius 1 is 1.15 bits per heavy atom. The topological polar surface area (TPSA) is 41.1 Å². The zero-order chi connectivity index (χ0) is 14.5. The summed E-state index contributed by atoms with van der Waals surface area (Å²) in [5, 5.41) is 6.74. The number of aryl methyl sites for hydroxylation is 1. The number of amides is 1. The summed E-state index contributed by atoms with van der Waals surface area (Å²) in [4.78, 5) is 11.8. The number of benzene rings is 2. The van der Waals surface area contributed by atoms with Gasteiger partial charge < -0.3 is 10.6 Å². The third-order valence-electron chi connectivity index (χ3n) is 2.68. The first-order valence-corrected chi connectivity index (χ1v) is 6.85. The van der Waals surface area contributed by atoms with E-state index < -0.39 is 0 Å². The molecule has 0 aliphatic heterocycles. The minimum absolute atomic E-state index is 0.169. The molecule has 1 amide bonds. The molecule has 0 aromatic heterocycles. The first-order chi connectivity index (χ1) is 9.54. The molecule has 2 rings (SSSR count). The number of nitrogens with one attached hydrogen (secondary N) is 2. The predicted octanol–water partition coefficient (Wildman–Crippen LogP) is 4.35. The highest BCUT2D eigenvalue weighted by Gasteiger charge is 2.06. The van der Waals surface area contributed by atoms with Crippen LogP contribution in [-0.4, -0.2) is 12.5 Å². The van der Waals surface area contributed by atoms with Crippen molar-refractivity contribution in [2.24, 2.45) is 0 Å². The van der Waals surface area contributed by atoms with Gasteiger partial charge in [0.05, 0.1) is 17.3 Å². The van der Waals surface area contributed by atoms with Gasteiger partial charge in [-0.1, -0.05) is 35.3 Å². The van der Waals surface area contributed by atoms with E-state index in [4.69, 9.17) is 23.2 Å². The zero-order valence-corrected chi connectivity index (χ0v) is 12.4. The SMILES string of the molecule is Cc1cccc(NCC(=O)Nc2ccc(Cl)cc2Cl)c1. The summed E-state index contributed by atoms with van der Waals surface area (Å²) in [5.41, 5.74) is 2.59. The summed E-state index contributed by atoms with van der Waals surface area (Å²) in [6.07, 6.45) is 0. The van der Waals surface area contributed by atoms with Crippen LogP contribution in [0.5, 0.6) is 0 Å². The molecule has 0 aliphatic rings. The van der Waals surface area contributed by atoms with Gasteiger partial charge in [0.1, 0.15) is 0 Å². The highest BCUT2D eigenvalue weighted by atomic mass is 35.5. The molecule has 2 N–H and O–H groups in total. The number of hydrogen-bond donors (Lipinski definition) is 2. The van der Waals surface area contributed by atoms with Gasteiger partial charge in [0.25, 0.3) is 0 Å². The fourth-order valence-electron chi connectivity index (χ4n) is 1.72. The molecule has 2 aromatic carbocycles. The monoisotopic (exact) mass is 308 g/mol. The van der Waals surface area contributed by atoms with Crippen LogP contribution >= 0.6 is 23.2 Å². The van der Waals surface area contributed by atoms with E-state index in [1.165, 1.54) is 0 Å². The summed E-state index contributed by atoms with van der Waals surface area (Å²) < 4.78 is 0. The third-order valence-corrected chi connectivity index (χ3v) is 3.22. The zero-order valence-electron chi connectivity index (χ0n) is 10.9. The van der Waals surface area contributed by atoms with Gasteiger partial charge in [-0.2, -0.15) is 0 Å². The van der Waals surface area contributed by atoms with Crippen LogP contribution in [0.4, 0.5) is 11.4 Å². The Morgan fingerprint density at radius 3 is 2.65 bits per heavy atom. The minimum Gasteiger partial charge on any atom is -0.376 e. The normalized spacial score (nSPS) is 10.2. The Labute approximate surface area is 127 Å². The Hall–Kier alpha value is -1.71. The molecule has 0 spiro atoms. The lowest BCUT2D eigenvalue weighted by Gasteiger charge is -2.09. The van der Waals surface area contributed by atoms with Crippen molar-refractivity contribution in [3.63, 3.8) is 0 Å². The van der Waals surface area contributed by atoms with Gasteiger partial charge in [-0.15, -0.1) is 0 Å². The van der Waals surface area contributed by atoms with Crippen LogP contribution in [0.3, 0.4) is 0 Å². The molecule has 0 heterocycles. The molecule has 5 heteroatoms. The van der Waals surface area contributed by atoms with E-state index in [1.807, 2.05) is 31.2 Å². The molecule has 2 aromatic rings. The summed E-state index contributed by atoms with van der Waals surface area (Å²) in [7, 11) is 0. The van der Waals surface area contributed by atoms with Crippen LogP contribution in [0.1, 0.15) is 5.56 Å². The maximum absolute atomic E-state index is 11.8. The average Bonchev–Trinajstić information content (AvgIpc) is 2.40. The van der Waals surface area contributed by atoms with Crippen LogP contribution in [-0.2, 0) is 4.79 Å². The van der Waals surface area contributed by atoms with Crippen molar-refractivity contribution in [2.45, 2.75) is 6.92 Å². The Balaban J connectivity index is 1.92. The second-order valence-electron chi connectivity index (χ2n) is 4.40. The first kappa shape index (κ1) is 14.7. The molecule has 0 atom stereocenters. The van der Waals surface area contributed by atoms with Crippen LogP contribution in [0, 0.1) is 6.92 Å². The smallest absolute Gasteiger partial charge is 0.243 e. The Morgan fingerprint density at radius 2 is 1.95 bits per heavy atom. The summed E-state index contributed by atoms with van der Waals surface area (Å²) in [6.45, 7) is 2.17. The van der Waals surface area contributed by atoms with Crippen molar-refractivity contribution in [3.8, 4) is 0 Å². The summed E-state index contributed by atoms with van der Waals surface area (Å²) in [6, 6.07) is 12.8. The largest absolute Gasteiger partial charge is 0.376 e. The van der Waals surface area contributed by atoms with Gasteiger partial charge in [-0.25, -0.2) is 0 Å². The van der Waals surface area contributed by atoms with Crippen molar-refractivity contribution in [2.75, 3.05) is 17.2 Å². The van der Waals surface area contributed by atoms with E-state index in [0.717, 1.165) is 11.3 Å². The molecular formula is C15H14Cl2N2O. The van der Waals surface area contributed by atoms with E-state index in [-0.39, 0.29) is 12.5 Å². The first-order valence-electron chi connectivity index (χ1n) is 6.10. The second kappa shape index (κ2) is 6.64. The third kappa shape index (κ3) is 4.15. The van der Waals surface area contributed by atoms with Crippen LogP contribution in [0.25, 0.3) is 0 Å². The van der Waals surface area contributed by atoms with Gasteiger partial charge in [-0.3, -0.25) is 4.79 Å². The summed E-state index contributed by atoms with van der Waals surface area (Å²) >= 11 is 11.8. The fourth-order valence-corrected chi connectivity index (χ4v) is 2.18. The quantitative estimate of drug-likeness (QED) is 0.881. The van der Waals surface area contributed by atoms with Crippen molar-refractivity contribution < 1.29 is 4.79 Å². The molecule has 3 nitrogen and oxygen atoms in total. The number of anilines is 2. The standard InChI is InChI=1S/C15H14Cl2N2O/c1-10-3-2-4-12(7-10)18-9-15(20)19-14-6-5-11(16)8-13(14)17/h2-8,18H,9H2,1H3,(H,19,20). The molecule has 104 valence electrons. The number of carbonyl (C=O) groups excluding carboxylic acids is 1. The van der Waals surface area contributed by atoms with E-state index in [1.54, 1.807) is 18.2 Å². The molecule has 0 radical (unpaired) electrons. The average molecular weight is 309 g/mol. The van der Waals surface area contributed by atoms with Gasteiger partial charge >= 0.3 is 0 Å². The fraction of sp³-hybridized carbons (Fsp3) is 0.133. The molecule has 0 saturated heterocycles. The highest BCUT2D eigenvalue weighted by molar-refractivity contribution is 6.36. The lowest BCUT2D eigenvalue weighted by atomic mass is 10.2. The van der Waals surface area contributed by atoms with Gasteiger partial charge in [-0.05, 0) is 42.8 Å². The van der Waals surface area contributed by atoms with E-state index in [0.29, 0.717) is 15.7 Å². The Kier molecular flexibility index (Phi) is 4.88. The van der Waals surface area contributed by atoms with Crippen LogP contribution in [0.15, 0.2) is 42.5 Å². The number of halogens is 2. The van der Waals surface area contributed by atoms with Crippen LogP contribution in [0.2, 0.25) is 10.0 Å². The molecule has 0 unspecified atom stereocenters. The number of rotatable bonds is 4. The second-order valence-corrected chi connectivity index (χ2v) is 5.24. The number of hydrogen-bond acceptors (Lipinski definition) is 2. The minimum atomic E-state index is -0.171. The van der Waals surface area contributed by atoms with Crippen molar-refractivity contribution in [3.05, 3.63) is 58.1 Å². The lowest BCUT2D eigenvalue weighted by molar-refractivity contribution is -0.114. The molecule has 0 aliphatic carbocycles. The van der Waals surface area contributed by atoms with Gasteiger partial charge in [0.2, 0.25) is 5.91 Å². The van der Waals surface area contributed by atoms with Gasteiger partial charge in [0.15, 0.2) is 0 Å². The Bertz CT molecular complexity index is 629. The van der Waals surface area contributed by atoms with Gasteiger partial charge in [0, 0.05) is 10.7 Å². The van der Waals surface area contributed by atoms with E-state index in [9.17, 15) is 4.79 Å². The molecular weight excluding hydrogens is 295 g/mol.